The van der Waals surface area contributed by atoms with E-state index in [0.717, 1.165) is 18.2 Å². The molecule has 0 bridgehead atoms. The highest BCUT2D eigenvalue weighted by atomic mass is 35.5. The van der Waals surface area contributed by atoms with Crippen LogP contribution in [0.25, 0.3) is 5.69 Å². The van der Waals surface area contributed by atoms with Crippen molar-refractivity contribution in [3.63, 3.8) is 0 Å². The van der Waals surface area contributed by atoms with Gasteiger partial charge in [0.05, 0.1) is 34.1 Å². The van der Waals surface area contributed by atoms with Crippen molar-refractivity contribution in [2.45, 2.75) is 20.0 Å². The molecule has 0 aliphatic heterocycles. The summed E-state index contributed by atoms with van der Waals surface area (Å²) in [7, 11) is 0. The Kier molecular flexibility index (Phi) is 5.07. The molecule has 1 aromatic carbocycles. The van der Waals surface area contributed by atoms with E-state index in [1.165, 1.54) is 13.8 Å². The van der Waals surface area contributed by atoms with E-state index in [1.54, 1.807) is 0 Å². The largest absolute Gasteiger partial charge is 0.478 e. The molecule has 1 N–H and O–H groups in total. The number of esters is 1. The summed E-state index contributed by atoms with van der Waals surface area (Å²) in [5, 5.41) is 12.2. The van der Waals surface area contributed by atoms with Crippen LogP contribution in [0.15, 0.2) is 18.2 Å². The van der Waals surface area contributed by atoms with Crippen molar-refractivity contribution in [3.8, 4) is 5.69 Å². The smallest absolute Gasteiger partial charge is 0.434 e. The zero-order valence-corrected chi connectivity index (χ0v) is 13.8. The molecule has 10 heteroatoms. The second-order valence-electron chi connectivity index (χ2n) is 4.92. The van der Waals surface area contributed by atoms with E-state index in [1.807, 2.05) is 0 Å². The lowest BCUT2D eigenvalue weighted by Gasteiger charge is -2.14. The van der Waals surface area contributed by atoms with Crippen LogP contribution in [0.5, 0.6) is 0 Å². The van der Waals surface area contributed by atoms with Crippen LogP contribution in [0.3, 0.4) is 0 Å². The van der Waals surface area contributed by atoms with E-state index < -0.39 is 28.8 Å². The number of benzene rings is 1. The highest BCUT2D eigenvalue weighted by Crippen LogP contribution is 2.38. The summed E-state index contributed by atoms with van der Waals surface area (Å²) >= 11 is 5.71. The van der Waals surface area contributed by atoms with Crippen molar-refractivity contribution in [2.75, 3.05) is 6.61 Å². The van der Waals surface area contributed by atoms with Gasteiger partial charge in [0.25, 0.3) is 0 Å². The molecule has 0 saturated heterocycles. The number of carboxylic acid groups (broad SMARTS) is 1. The van der Waals surface area contributed by atoms with E-state index >= 15 is 0 Å². The van der Waals surface area contributed by atoms with Crippen molar-refractivity contribution in [1.82, 2.24) is 9.78 Å². The van der Waals surface area contributed by atoms with Gasteiger partial charge in [0.15, 0.2) is 5.69 Å². The molecule has 0 aliphatic rings. The van der Waals surface area contributed by atoms with Crippen LogP contribution in [-0.4, -0.2) is 33.4 Å². The summed E-state index contributed by atoms with van der Waals surface area (Å²) in [6.07, 6.45) is -4.84. The molecule has 0 atom stereocenters. The number of nitrogens with zero attached hydrogens (tertiary/aromatic N) is 2. The van der Waals surface area contributed by atoms with E-state index in [0.29, 0.717) is 4.68 Å². The maximum atomic E-state index is 13.3. The topological polar surface area (TPSA) is 81.4 Å². The monoisotopic (exact) mass is 376 g/mol. The van der Waals surface area contributed by atoms with Gasteiger partial charge in [-0.25, -0.2) is 14.3 Å². The van der Waals surface area contributed by atoms with Crippen LogP contribution in [-0.2, 0) is 10.9 Å². The van der Waals surface area contributed by atoms with Crippen LogP contribution in [0, 0.1) is 6.92 Å². The zero-order chi connectivity index (χ0) is 18.9. The maximum absolute atomic E-state index is 13.3. The van der Waals surface area contributed by atoms with Crippen molar-refractivity contribution < 1.29 is 32.6 Å². The maximum Gasteiger partial charge on any atom is 0.434 e. The molecular formula is C15H12ClF3N2O4. The molecule has 1 heterocycles. The quantitative estimate of drug-likeness (QED) is 0.822. The van der Waals surface area contributed by atoms with Crippen molar-refractivity contribution in [2.24, 2.45) is 0 Å². The first-order valence-electron chi connectivity index (χ1n) is 6.95. The Labute approximate surface area is 144 Å². The number of carbonyl (C=O) groups is 2. The van der Waals surface area contributed by atoms with Crippen molar-refractivity contribution in [1.29, 1.82) is 0 Å². The second-order valence-corrected chi connectivity index (χ2v) is 5.29. The molecule has 0 amide bonds. The molecule has 2 aromatic rings. The first-order valence-corrected chi connectivity index (χ1v) is 7.32. The average Bonchev–Trinajstić information content (AvgIpc) is 2.82. The lowest BCUT2D eigenvalue weighted by molar-refractivity contribution is -0.142. The van der Waals surface area contributed by atoms with Crippen molar-refractivity contribution in [3.05, 3.63) is 45.7 Å². The van der Waals surface area contributed by atoms with Crippen LogP contribution < -0.4 is 0 Å². The van der Waals surface area contributed by atoms with Gasteiger partial charge in [0, 0.05) is 0 Å². The first-order chi connectivity index (χ1) is 11.6. The minimum Gasteiger partial charge on any atom is -0.478 e. The summed E-state index contributed by atoms with van der Waals surface area (Å²) in [6.45, 7) is 2.75. The van der Waals surface area contributed by atoms with E-state index in [2.05, 4.69) is 5.10 Å². The summed E-state index contributed by atoms with van der Waals surface area (Å²) in [6, 6.07) is 3.04. The number of alkyl halides is 3. The molecule has 2 rings (SSSR count). The zero-order valence-electron chi connectivity index (χ0n) is 13.0. The number of carbonyl (C=O) groups excluding carboxylic acids is 1. The molecular weight excluding hydrogens is 365 g/mol. The Morgan fingerprint density at radius 2 is 2.00 bits per heavy atom. The number of ether oxygens (including phenoxy) is 1. The molecule has 25 heavy (non-hydrogen) atoms. The molecule has 0 radical (unpaired) electrons. The third-order valence-electron chi connectivity index (χ3n) is 3.22. The Morgan fingerprint density at radius 1 is 1.36 bits per heavy atom. The van der Waals surface area contributed by atoms with Gasteiger partial charge in [-0.1, -0.05) is 11.6 Å². The van der Waals surface area contributed by atoms with Gasteiger partial charge in [-0.3, -0.25) is 0 Å². The lowest BCUT2D eigenvalue weighted by atomic mass is 10.1. The third-order valence-corrected chi connectivity index (χ3v) is 3.68. The SMILES string of the molecule is CCOC(=O)c1cc(C(=O)O)ccc1-n1nc(C)c(Cl)c1C(F)(F)F. The van der Waals surface area contributed by atoms with Gasteiger partial charge in [0.2, 0.25) is 0 Å². The molecule has 1 aromatic heterocycles. The summed E-state index contributed by atoms with van der Waals surface area (Å²) in [5.74, 6) is -2.32. The van der Waals surface area contributed by atoms with Crippen LogP contribution in [0.1, 0.15) is 39.0 Å². The molecule has 6 nitrogen and oxygen atoms in total. The number of rotatable bonds is 4. The predicted molar refractivity (Wildman–Crippen MR) is 81.2 cm³/mol. The molecule has 134 valence electrons. The fraction of sp³-hybridized carbons (Fsp3) is 0.267. The molecule has 0 spiro atoms. The van der Waals surface area contributed by atoms with E-state index in [4.69, 9.17) is 21.4 Å². The van der Waals surface area contributed by atoms with Gasteiger partial charge in [0.1, 0.15) is 0 Å². The number of aromatic carboxylic acids is 1. The van der Waals surface area contributed by atoms with Crippen LogP contribution in [0.4, 0.5) is 13.2 Å². The number of hydrogen-bond donors (Lipinski definition) is 1. The first kappa shape index (κ1) is 18.8. The average molecular weight is 377 g/mol. The number of hydrogen-bond acceptors (Lipinski definition) is 4. The number of aryl methyl sites for hydroxylation is 1. The molecule has 0 unspecified atom stereocenters. The molecule has 0 fully saturated rings. The fourth-order valence-electron chi connectivity index (χ4n) is 2.15. The third kappa shape index (κ3) is 3.60. The van der Waals surface area contributed by atoms with Crippen LogP contribution in [0.2, 0.25) is 5.02 Å². The lowest BCUT2D eigenvalue weighted by Crippen LogP contribution is -2.18. The van der Waals surface area contributed by atoms with Crippen LogP contribution >= 0.6 is 11.6 Å². The van der Waals surface area contributed by atoms with Gasteiger partial charge in [-0.2, -0.15) is 18.3 Å². The normalized spacial score (nSPS) is 11.4. The van der Waals surface area contributed by atoms with Crippen molar-refractivity contribution >= 4 is 23.5 Å². The summed E-state index contributed by atoms with van der Waals surface area (Å²) in [4.78, 5) is 23.2. The van der Waals surface area contributed by atoms with Gasteiger partial charge < -0.3 is 9.84 Å². The van der Waals surface area contributed by atoms with Gasteiger partial charge in [-0.15, -0.1) is 0 Å². The summed E-state index contributed by atoms with van der Waals surface area (Å²) in [5.41, 5.74) is -2.29. The van der Waals surface area contributed by atoms with Gasteiger partial charge in [-0.05, 0) is 32.0 Å². The van der Waals surface area contributed by atoms with E-state index in [-0.39, 0.29) is 29.1 Å². The molecule has 0 saturated carbocycles. The standard InChI is InChI=1S/C15H12ClF3N2O4/c1-3-25-14(24)9-6-8(13(22)23)4-5-10(9)21-12(15(17,18)19)11(16)7(2)20-21/h4-6H,3H2,1-2H3,(H,22,23). The van der Waals surface area contributed by atoms with Gasteiger partial charge >= 0.3 is 18.1 Å². The number of carboxylic acids is 1. The number of aromatic nitrogens is 2. The highest BCUT2D eigenvalue weighted by Gasteiger charge is 2.40. The second kappa shape index (κ2) is 6.75. The van der Waals surface area contributed by atoms with E-state index in [9.17, 15) is 22.8 Å². The minimum atomic E-state index is -4.84. The highest BCUT2D eigenvalue weighted by molar-refractivity contribution is 6.32. The summed E-state index contributed by atoms with van der Waals surface area (Å²) < 4.78 is 45.3. The Morgan fingerprint density at radius 3 is 2.52 bits per heavy atom. The Balaban J connectivity index is 2.77. The number of halogens is 4. The molecule has 0 aliphatic carbocycles. The Bertz CT molecular complexity index is 846. The predicted octanol–water partition coefficient (Wildman–Crippen LogP) is 3.73. The fourth-order valence-corrected chi connectivity index (χ4v) is 2.38. The minimum absolute atomic E-state index is 0.0411. The Hall–Kier alpha value is -2.55.